The third-order valence-corrected chi connectivity index (χ3v) is 6.08. The quantitative estimate of drug-likeness (QED) is 0.575. The highest BCUT2D eigenvalue weighted by molar-refractivity contribution is 5.93. The van der Waals surface area contributed by atoms with E-state index in [-0.39, 0.29) is 24.5 Å². The lowest BCUT2D eigenvalue weighted by atomic mass is 9.88. The number of hydrogen-bond donors (Lipinski definition) is 1. The number of carbonyl (C=O) groups is 2. The van der Waals surface area contributed by atoms with E-state index in [9.17, 15) is 24.5 Å². The van der Waals surface area contributed by atoms with Gasteiger partial charge in [-0.25, -0.2) is 0 Å². The zero-order valence-electron chi connectivity index (χ0n) is 16.5. The molecule has 2 amide bonds. The highest BCUT2D eigenvalue weighted by atomic mass is 16.6. The van der Waals surface area contributed by atoms with Crippen LogP contribution in [-0.4, -0.2) is 38.3 Å². The number of amides is 2. The molecule has 0 atom stereocenters. The molecular weight excluding hydrogens is 376 g/mol. The highest BCUT2D eigenvalue weighted by Gasteiger charge is 2.33. The van der Waals surface area contributed by atoms with Crippen LogP contribution in [0.25, 0.3) is 0 Å². The first-order valence-corrected chi connectivity index (χ1v) is 10.4. The molecule has 0 bridgehead atoms. The summed E-state index contributed by atoms with van der Waals surface area (Å²) in [6, 6.07) is 1.15. The molecule has 2 fully saturated rings. The van der Waals surface area contributed by atoms with E-state index in [0.29, 0.717) is 0 Å². The van der Waals surface area contributed by atoms with Crippen molar-refractivity contribution in [3.8, 4) is 0 Å². The number of nitrogens with zero attached hydrogens (tertiary/aromatic N) is 3. The summed E-state index contributed by atoms with van der Waals surface area (Å²) in [7, 11) is 0. The highest BCUT2D eigenvalue weighted by Crippen LogP contribution is 2.30. The number of nitro groups is 1. The fraction of sp³-hybridized carbons (Fsp3) is 0.650. The average molecular weight is 404 g/mol. The average Bonchev–Trinajstić information content (AvgIpc) is 2.71. The molecule has 1 aromatic heterocycles. The normalized spacial score (nSPS) is 18.3. The van der Waals surface area contributed by atoms with Crippen molar-refractivity contribution in [2.75, 3.05) is 0 Å². The van der Waals surface area contributed by atoms with Gasteiger partial charge in [0.25, 0.3) is 17.2 Å². The van der Waals surface area contributed by atoms with Crippen molar-refractivity contribution in [1.29, 1.82) is 0 Å². The molecule has 0 aromatic carbocycles. The summed E-state index contributed by atoms with van der Waals surface area (Å²) in [5.74, 6) is -1.27. The first kappa shape index (κ1) is 21.0. The number of primary amides is 1. The molecule has 1 aromatic rings. The molecule has 0 aliphatic heterocycles. The van der Waals surface area contributed by atoms with Crippen molar-refractivity contribution in [3.05, 3.63) is 38.3 Å². The molecule has 2 aliphatic rings. The summed E-state index contributed by atoms with van der Waals surface area (Å²) in [5.41, 5.74) is 3.52. The topological polar surface area (TPSA) is 129 Å². The van der Waals surface area contributed by atoms with Gasteiger partial charge in [0, 0.05) is 18.2 Å². The molecule has 0 radical (unpaired) electrons. The van der Waals surface area contributed by atoms with Gasteiger partial charge in [-0.3, -0.25) is 29.1 Å². The van der Waals surface area contributed by atoms with Gasteiger partial charge >= 0.3 is 0 Å². The monoisotopic (exact) mass is 404 g/mol. The molecule has 9 nitrogen and oxygen atoms in total. The van der Waals surface area contributed by atoms with E-state index < -0.39 is 27.6 Å². The summed E-state index contributed by atoms with van der Waals surface area (Å²) < 4.78 is 0.958. The predicted molar refractivity (Wildman–Crippen MR) is 106 cm³/mol. The molecule has 0 saturated heterocycles. The zero-order chi connectivity index (χ0) is 21.0. The van der Waals surface area contributed by atoms with Crippen LogP contribution in [0.4, 0.5) is 5.69 Å². The maximum atomic E-state index is 13.3. The largest absolute Gasteiger partial charge is 0.365 e. The van der Waals surface area contributed by atoms with Crippen molar-refractivity contribution in [1.82, 2.24) is 9.47 Å². The number of nitrogens with two attached hydrogens (primary N) is 1. The van der Waals surface area contributed by atoms with E-state index in [1.165, 1.54) is 0 Å². The summed E-state index contributed by atoms with van der Waals surface area (Å²) in [5, 5.41) is 11.2. The van der Waals surface area contributed by atoms with Crippen LogP contribution in [0.15, 0.2) is 17.1 Å². The van der Waals surface area contributed by atoms with Crippen molar-refractivity contribution in [3.63, 3.8) is 0 Å². The minimum atomic E-state index is -1.05. The Labute approximate surface area is 169 Å². The number of rotatable bonds is 6. The van der Waals surface area contributed by atoms with Crippen molar-refractivity contribution in [2.24, 2.45) is 5.73 Å². The van der Waals surface area contributed by atoms with Gasteiger partial charge in [-0.05, 0) is 25.7 Å². The smallest absolute Gasteiger partial charge is 0.286 e. The SMILES string of the molecule is NC(=O)c1cc([N+](=O)[O-])cn(CC(=O)N(C2CCCCC2)C2CCCCC2)c1=O. The van der Waals surface area contributed by atoms with Crippen LogP contribution >= 0.6 is 0 Å². The van der Waals surface area contributed by atoms with Crippen LogP contribution in [0.1, 0.15) is 74.6 Å². The minimum Gasteiger partial charge on any atom is -0.365 e. The molecule has 158 valence electrons. The second-order valence-electron chi connectivity index (χ2n) is 8.05. The van der Waals surface area contributed by atoms with Crippen molar-refractivity contribution < 1.29 is 14.5 Å². The lowest BCUT2D eigenvalue weighted by molar-refractivity contribution is -0.385. The fourth-order valence-electron chi connectivity index (χ4n) is 4.66. The van der Waals surface area contributed by atoms with Crippen LogP contribution in [0, 0.1) is 10.1 Å². The van der Waals surface area contributed by atoms with E-state index in [1.54, 1.807) is 0 Å². The maximum absolute atomic E-state index is 13.3. The van der Waals surface area contributed by atoms with Crippen LogP contribution in [0.5, 0.6) is 0 Å². The number of carbonyl (C=O) groups excluding carboxylic acids is 2. The molecular formula is C20H28N4O5. The third kappa shape index (κ3) is 4.83. The molecule has 9 heteroatoms. The van der Waals surface area contributed by atoms with Gasteiger partial charge in [0.2, 0.25) is 5.91 Å². The Morgan fingerprint density at radius 1 is 1.07 bits per heavy atom. The van der Waals surface area contributed by atoms with Crippen LogP contribution in [-0.2, 0) is 11.3 Å². The Morgan fingerprint density at radius 2 is 1.59 bits per heavy atom. The summed E-state index contributed by atoms with van der Waals surface area (Å²) >= 11 is 0. The van der Waals surface area contributed by atoms with Gasteiger partial charge in [-0.2, -0.15) is 0 Å². The summed E-state index contributed by atoms with van der Waals surface area (Å²) in [4.78, 5) is 49.9. The van der Waals surface area contributed by atoms with Crippen molar-refractivity contribution in [2.45, 2.75) is 82.8 Å². The second kappa shape index (κ2) is 9.19. The van der Waals surface area contributed by atoms with Crippen LogP contribution in [0.3, 0.4) is 0 Å². The van der Waals surface area contributed by atoms with E-state index in [4.69, 9.17) is 5.73 Å². The Bertz CT molecular complexity index is 820. The minimum absolute atomic E-state index is 0.143. The van der Waals surface area contributed by atoms with Crippen LogP contribution in [0.2, 0.25) is 0 Å². The van der Waals surface area contributed by atoms with Gasteiger partial charge in [0.1, 0.15) is 12.1 Å². The van der Waals surface area contributed by atoms with Crippen LogP contribution < -0.4 is 11.3 Å². The number of pyridine rings is 1. The van der Waals surface area contributed by atoms with Crippen molar-refractivity contribution >= 4 is 17.5 Å². The summed E-state index contributed by atoms with van der Waals surface area (Å²) in [6.45, 7) is -0.326. The number of hydrogen-bond acceptors (Lipinski definition) is 5. The standard InChI is InChI=1S/C20H28N4O5/c21-19(26)17-11-16(24(28)29)12-22(20(17)27)13-18(25)23(14-7-3-1-4-8-14)15-9-5-2-6-10-15/h11-12,14-15H,1-10,13H2,(H2,21,26). The zero-order valence-corrected chi connectivity index (χ0v) is 16.5. The van der Waals surface area contributed by atoms with Gasteiger partial charge in [0.15, 0.2) is 0 Å². The molecule has 1 heterocycles. The number of aromatic nitrogens is 1. The van der Waals surface area contributed by atoms with E-state index in [0.717, 1.165) is 81.0 Å². The molecule has 2 N–H and O–H groups in total. The Kier molecular flexibility index (Phi) is 6.66. The van der Waals surface area contributed by atoms with E-state index in [2.05, 4.69) is 0 Å². The molecule has 3 rings (SSSR count). The molecule has 29 heavy (non-hydrogen) atoms. The molecule has 0 unspecified atom stereocenters. The Balaban J connectivity index is 1.91. The first-order chi connectivity index (χ1) is 13.9. The third-order valence-electron chi connectivity index (χ3n) is 6.08. The lowest BCUT2D eigenvalue weighted by Crippen LogP contribution is -2.50. The Morgan fingerprint density at radius 3 is 2.03 bits per heavy atom. The summed E-state index contributed by atoms with van der Waals surface area (Å²) in [6.07, 6.45) is 11.4. The lowest BCUT2D eigenvalue weighted by Gasteiger charge is -2.42. The van der Waals surface area contributed by atoms with Gasteiger partial charge in [0.05, 0.1) is 11.1 Å². The molecule has 2 saturated carbocycles. The Hall–Kier alpha value is -2.71. The van der Waals surface area contributed by atoms with Gasteiger partial charge in [-0.1, -0.05) is 38.5 Å². The second-order valence-corrected chi connectivity index (χ2v) is 8.05. The molecule has 0 spiro atoms. The van der Waals surface area contributed by atoms with E-state index >= 15 is 0 Å². The first-order valence-electron chi connectivity index (χ1n) is 10.4. The van der Waals surface area contributed by atoms with E-state index in [1.807, 2.05) is 4.90 Å². The predicted octanol–water partition coefficient (Wildman–Crippen LogP) is 2.35. The van der Waals surface area contributed by atoms with Gasteiger partial charge in [-0.15, -0.1) is 0 Å². The maximum Gasteiger partial charge on any atom is 0.286 e. The fourth-order valence-corrected chi connectivity index (χ4v) is 4.66. The van der Waals surface area contributed by atoms with Gasteiger partial charge < -0.3 is 10.6 Å². The molecule has 2 aliphatic carbocycles.